The molecule has 0 aliphatic rings. The Morgan fingerprint density at radius 1 is 0.857 bits per heavy atom. The van der Waals surface area contributed by atoms with Crippen LogP contribution < -0.4 is 9.47 Å². The highest BCUT2D eigenvalue weighted by Crippen LogP contribution is 2.14. The van der Waals surface area contributed by atoms with E-state index in [1.807, 2.05) is 59.3 Å². The molecule has 1 atom stereocenters. The van der Waals surface area contributed by atoms with Crippen LogP contribution in [0.25, 0.3) is 0 Å². The molecule has 0 N–H and O–H groups in total. The molecule has 3 aromatic rings. The van der Waals surface area contributed by atoms with Crippen LogP contribution in [0.4, 0.5) is 0 Å². The second-order valence-corrected chi connectivity index (χ2v) is 6.40. The fraction of sp³-hybridized carbons (Fsp3) is 0.318. The van der Waals surface area contributed by atoms with Crippen LogP contribution >= 0.6 is 0 Å². The number of aromatic nitrogens is 2. The van der Waals surface area contributed by atoms with E-state index in [2.05, 4.69) is 4.98 Å². The molecular weight excluding hydrogens is 356 g/mol. The van der Waals surface area contributed by atoms with E-state index >= 15 is 0 Å². The molecule has 0 saturated carbocycles. The average Bonchev–Trinajstić information content (AvgIpc) is 3.26. The molecule has 28 heavy (non-hydrogen) atoms. The summed E-state index contributed by atoms with van der Waals surface area (Å²) in [4.78, 5) is 4.10. The highest BCUT2D eigenvalue weighted by molar-refractivity contribution is 5.27. The summed E-state index contributed by atoms with van der Waals surface area (Å²) >= 11 is 0. The SMILES string of the molecule is COc1ccc(COC[C@@H](Cn2ccnc2)OCc2ccc(OC)cc2)cc1. The third kappa shape index (κ3) is 6.11. The van der Waals surface area contributed by atoms with Crippen LogP contribution in [-0.2, 0) is 29.2 Å². The van der Waals surface area contributed by atoms with Gasteiger partial charge in [0.1, 0.15) is 11.5 Å². The molecule has 0 amide bonds. The van der Waals surface area contributed by atoms with Gasteiger partial charge in [0.15, 0.2) is 0 Å². The number of benzene rings is 2. The summed E-state index contributed by atoms with van der Waals surface area (Å²) in [7, 11) is 3.32. The molecule has 0 unspecified atom stereocenters. The zero-order valence-electron chi connectivity index (χ0n) is 16.3. The average molecular weight is 382 g/mol. The van der Waals surface area contributed by atoms with Gasteiger partial charge in [-0.1, -0.05) is 24.3 Å². The van der Waals surface area contributed by atoms with Gasteiger partial charge in [-0.25, -0.2) is 4.98 Å². The van der Waals surface area contributed by atoms with Crippen LogP contribution in [0.2, 0.25) is 0 Å². The molecule has 1 aromatic heterocycles. The van der Waals surface area contributed by atoms with E-state index < -0.39 is 0 Å². The Labute approximate surface area is 165 Å². The van der Waals surface area contributed by atoms with Crippen molar-refractivity contribution in [2.75, 3.05) is 20.8 Å². The molecule has 148 valence electrons. The first-order valence-electron chi connectivity index (χ1n) is 9.18. The Morgan fingerprint density at radius 2 is 1.46 bits per heavy atom. The van der Waals surface area contributed by atoms with Crippen LogP contribution in [0.5, 0.6) is 11.5 Å². The summed E-state index contributed by atoms with van der Waals surface area (Å²) in [6.45, 7) is 2.20. The van der Waals surface area contributed by atoms with Crippen molar-refractivity contribution in [1.82, 2.24) is 9.55 Å². The molecule has 6 nitrogen and oxygen atoms in total. The highest BCUT2D eigenvalue weighted by atomic mass is 16.5. The summed E-state index contributed by atoms with van der Waals surface area (Å²) in [5.41, 5.74) is 2.18. The first kappa shape index (κ1) is 19.9. The number of ether oxygens (including phenoxy) is 4. The van der Waals surface area contributed by atoms with E-state index in [1.54, 1.807) is 26.7 Å². The van der Waals surface area contributed by atoms with Crippen molar-refractivity contribution in [2.45, 2.75) is 25.9 Å². The number of hydrogen-bond acceptors (Lipinski definition) is 5. The van der Waals surface area contributed by atoms with Crippen LogP contribution in [0.1, 0.15) is 11.1 Å². The predicted octanol–water partition coefficient (Wildman–Crippen LogP) is 3.70. The smallest absolute Gasteiger partial charge is 0.118 e. The zero-order chi connectivity index (χ0) is 19.6. The number of methoxy groups -OCH3 is 2. The number of rotatable bonds is 11. The van der Waals surface area contributed by atoms with E-state index in [1.165, 1.54) is 0 Å². The van der Waals surface area contributed by atoms with Gasteiger partial charge in [-0.15, -0.1) is 0 Å². The molecule has 0 aliphatic carbocycles. The van der Waals surface area contributed by atoms with E-state index in [-0.39, 0.29) is 6.10 Å². The second-order valence-electron chi connectivity index (χ2n) is 6.40. The molecule has 2 aromatic carbocycles. The lowest BCUT2D eigenvalue weighted by atomic mass is 10.2. The van der Waals surface area contributed by atoms with Crippen molar-refractivity contribution in [3.63, 3.8) is 0 Å². The van der Waals surface area contributed by atoms with Crippen molar-refractivity contribution in [1.29, 1.82) is 0 Å². The van der Waals surface area contributed by atoms with Crippen LogP contribution in [0.3, 0.4) is 0 Å². The lowest BCUT2D eigenvalue weighted by Crippen LogP contribution is -2.25. The maximum absolute atomic E-state index is 6.12. The van der Waals surface area contributed by atoms with Crippen LogP contribution in [0, 0.1) is 0 Å². The minimum atomic E-state index is -0.0884. The fourth-order valence-electron chi connectivity index (χ4n) is 2.75. The highest BCUT2D eigenvalue weighted by Gasteiger charge is 2.11. The Morgan fingerprint density at radius 3 is 2.00 bits per heavy atom. The number of imidazole rings is 1. The molecule has 0 saturated heterocycles. The van der Waals surface area contributed by atoms with E-state index in [0.717, 1.165) is 22.6 Å². The standard InChI is InChI=1S/C22H26N2O4/c1-25-20-7-3-18(4-8-20)14-27-16-22(13-24-12-11-23-17-24)28-15-19-5-9-21(26-2)10-6-19/h3-12,17,22H,13-16H2,1-2H3/t22-/m1/s1. The third-order valence-corrected chi connectivity index (χ3v) is 4.35. The minimum absolute atomic E-state index is 0.0884. The van der Waals surface area contributed by atoms with Crippen molar-refractivity contribution in [3.05, 3.63) is 78.4 Å². The van der Waals surface area contributed by atoms with Crippen LogP contribution in [0.15, 0.2) is 67.3 Å². The fourth-order valence-corrected chi connectivity index (χ4v) is 2.75. The van der Waals surface area contributed by atoms with E-state index in [4.69, 9.17) is 18.9 Å². The summed E-state index contributed by atoms with van der Waals surface area (Å²) in [6, 6.07) is 15.7. The third-order valence-electron chi connectivity index (χ3n) is 4.35. The Bertz CT molecular complexity index is 802. The van der Waals surface area contributed by atoms with Gasteiger partial charge in [0.2, 0.25) is 0 Å². The van der Waals surface area contributed by atoms with Gasteiger partial charge in [-0.2, -0.15) is 0 Å². The van der Waals surface area contributed by atoms with Crippen molar-refractivity contribution in [2.24, 2.45) is 0 Å². The van der Waals surface area contributed by atoms with Gasteiger partial charge in [0, 0.05) is 12.4 Å². The van der Waals surface area contributed by atoms with Gasteiger partial charge in [-0.05, 0) is 35.4 Å². The minimum Gasteiger partial charge on any atom is -0.497 e. The summed E-state index contributed by atoms with van der Waals surface area (Å²) in [5.74, 6) is 1.67. The Balaban J connectivity index is 1.53. The van der Waals surface area contributed by atoms with Crippen molar-refractivity contribution >= 4 is 0 Å². The molecule has 0 bridgehead atoms. The first-order chi connectivity index (χ1) is 13.8. The number of hydrogen-bond donors (Lipinski definition) is 0. The predicted molar refractivity (Wildman–Crippen MR) is 106 cm³/mol. The second kappa shape index (κ2) is 10.5. The quantitative estimate of drug-likeness (QED) is 0.506. The normalized spacial score (nSPS) is 11.9. The van der Waals surface area contributed by atoms with Gasteiger partial charge in [0.05, 0.1) is 53.0 Å². The molecular formula is C22H26N2O4. The maximum Gasteiger partial charge on any atom is 0.118 e. The van der Waals surface area contributed by atoms with Crippen molar-refractivity contribution in [3.8, 4) is 11.5 Å². The van der Waals surface area contributed by atoms with Gasteiger partial charge >= 0.3 is 0 Å². The maximum atomic E-state index is 6.12. The summed E-state index contributed by atoms with van der Waals surface area (Å²) in [6.07, 6.45) is 5.38. The van der Waals surface area contributed by atoms with Gasteiger partial charge in [-0.3, -0.25) is 0 Å². The molecule has 0 radical (unpaired) electrons. The topological polar surface area (TPSA) is 54.7 Å². The molecule has 0 fully saturated rings. The Hall–Kier alpha value is -2.83. The lowest BCUT2D eigenvalue weighted by Gasteiger charge is -2.19. The zero-order valence-corrected chi connectivity index (χ0v) is 16.3. The molecule has 1 heterocycles. The first-order valence-corrected chi connectivity index (χ1v) is 9.18. The molecule has 3 rings (SSSR count). The summed E-state index contributed by atoms with van der Waals surface area (Å²) < 4.78 is 24.4. The summed E-state index contributed by atoms with van der Waals surface area (Å²) in [5, 5.41) is 0. The van der Waals surface area contributed by atoms with Gasteiger partial charge < -0.3 is 23.5 Å². The monoisotopic (exact) mass is 382 g/mol. The Kier molecular flexibility index (Phi) is 7.46. The largest absolute Gasteiger partial charge is 0.497 e. The van der Waals surface area contributed by atoms with E-state index in [9.17, 15) is 0 Å². The molecule has 0 spiro atoms. The number of nitrogens with zero attached hydrogens (tertiary/aromatic N) is 2. The lowest BCUT2D eigenvalue weighted by molar-refractivity contribution is -0.0373. The van der Waals surface area contributed by atoms with Gasteiger partial charge in [0.25, 0.3) is 0 Å². The van der Waals surface area contributed by atoms with E-state index in [0.29, 0.717) is 26.4 Å². The molecule has 0 aliphatic heterocycles. The van der Waals surface area contributed by atoms with Crippen LogP contribution in [-0.4, -0.2) is 36.5 Å². The molecule has 6 heteroatoms. The van der Waals surface area contributed by atoms with Crippen molar-refractivity contribution < 1.29 is 18.9 Å².